The maximum absolute atomic E-state index is 9.87. The molecule has 0 aromatic heterocycles. The van der Waals surface area contributed by atoms with Crippen LogP contribution in [0.5, 0.6) is 17.2 Å². The quantitative estimate of drug-likeness (QED) is 0.457. The second-order valence-corrected chi connectivity index (χ2v) is 7.18. The van der Waals surface area contributed by atoms with E-state index in [0.29, 0.717) is 24.9 Å². The molecule has 2 aromatic rings. The van der Waals surface area contributed by atoms with E-state index in [9.17, 15) is 5.11 Å². The molecule has 1 saturated heterocycles. The van der Waals surface area contributed by atoms with Gasteiger partial charge in [0.05, 0.1) is 25.9 Å². The second-order valence-electron chi connectivity index (χ2n) is 7.18. The fraction of sp³-hybridized carbons (Fsp3) is 0.435. The largest absolute Gasteiger partial charge is 0.504 e. The third-order valence-electron chi connectivity index (χ3n) is 5.04. The number of ether oxygens (including phenoxy) is 2. The van der Waals surface area contributed by atoms with Gasteiger partial charge in [0, 0.05) is 25.7 Å². The third-order valence-corrected chi connectivity index (χ3v) is 5.04. The Morgan fingerprint density at radius 2 is 2.03 bits per heavy atom. The van der Waals surface area contributed by atoms with E-state index >= 15 is 0 Å². The van der Waals surface area contributed by atoms with Crippen molar-refractivity contribution in [2.24, 2.45) is 4.99 Å². The van der Waals surface area contributed by atoms with Gasteiger partial charge >= 0.3 is 0 Å². The predicted molar refractivity (Wildman–Crippen MR) is 121 cm³/mol. The smallest absolute Gasteiger partial charge is 0.191 e. The number of benzene rings is 2. The second kappa shape index (κ2) is 10.6. The van der Waals surface area contributed by atoms with Crippen LogP contribution in [0.4, 0.5) is 5.69 Å². The molecule has 1 aliphatic heterocycles. The van der Waals surface area contributed by atoms with Crippen molar-refractivity contribution in [3.05, 3.63) is 48.0 Å². The average molecular weight is 413 g/mol. The Balaban J connectivity index is 1.64. The summed E-state index contributed by atoms with van der Waals surface area (Å²) in [5.74, 6) is 2.33. The molecule has 3 N–H and O–H groups in total. The van der Waals surface area contributed by atoms with E-state index in [1.165, 1.54) is 0 Å². The molecule has 3 rings (SSSR count). The highest BCUT2D eigenvalue weighted by Gasteiger charge is 2.25. The first-order valence-corrected chi connectivity index (χ1v) is 10.5. The van der Waals surface area contributed by atoms with Crippen LogP contribution in [0.25, 0.3) is 0 Å². The Labute approximate surface area is 178 Å². The van der Waals surface area contributed by atoms with Crippen LogP contribution >= 0.6 is 0 Å². The molecule has 1 heterocycles. The van der Waals surface area contributed by atoms with Crippen molar-refractivity contribution >= 4 is 11.6 Å². The summed E-state index contributed by atoms with van der Waals surface area (Å²) >= 11 is 0. The highest BCUT2D eigenvalue weighted by molar-refractivity contribution is 5.80. The van der Waals surface area contributed by atoms with Crippen LogP contribution in [0, 0.1) is 0 Å². The lowest BCUT2D eigenvalue weighted by Crippen LogP contribution is -2.44. The first-order valence-electron chi connectivity index (χ1n) is 10.5. The number of para-hydroxylation sites is 2. The lowest BCUT2D eigenvalue weighted by Gasteiger charge is -2.22. The van der Waals surface area contributed by atoms with Crippen molar-refractivity contribution in [2.75, 3.05) is 38.3 Å². The third kappa shape index (κ3) is 5.49. The number of nitrogens with one attached hydrogen (secondary N) is 2. The Bertz CT molecular complexity index is 856. The maximum Gasteiger partial charge on any atom is 0.191 e. The SMILES string of the molecule is CCNC(=NCc1ccc(O)c(OCC)c1)NC1CCN(c2ccccc2OC)C1. The maximum atomic E-state index is 9.87. The van der Waals surface area contributed by atoms with Crippen molar-refractivity contribution in [2.45, 2.75) is 32.9 Å². The lowest BCUT2D eigenvalue weighted by atomic mass is 10.2. The number of methoxy groups -OCH3 is 1. The molecule has 1 fully saturated rings. The molecule has 1 aliphatic rings. The number of hydrogen-bond donors (Lipinski definition) is 3. The monoisotopic (exact) mass is 412 g/mol. The molecule has 0 amide bonds. The van der Waals surface area contributed by atoms with Crippen LogP contribution < -0.4 is 25.0 Å². The molecular weight excluding hydrogens is 380 g/mol. The Morgan fingerprint density at radius 1 is 1.20 bits per heavy atom. The van der Waals surface area contributed by atoms with Gasteiger partial charge in [-0.2, -0.15) is 0 Å². The number of hydrogen-bond acceptors (Lipinski definition) is 5. The molecular formula is C23H32N4O3. The molecule has 0 aliphatic carbocycles. The molecule has 0 radical (unpaired) electrons. The van der Waals surface area contributed by atoms with Gasteiger partial charge in [-0.25, -0.2) is 4.99 Å². The van der Waals surface area contributed by atoms with E-state index in [0.717, 1.165) is 49.0 Å². The summed E-state index contributed by atoms with van der Waals surface area (Å²) in [4.78, 5) is 7.07. The summed E-state index contributed by atoms with van der Waals surface area (Å²) in [6.07, 6.45) is 1.02. The van der Waals surface area contributed by atoms with Gasteiger partial charge in [0.2, 0.25) is 0 Å². The summed E-state index contributed by atoms with van der Waals surface area (Å²) < 4.78 is 11.0. The standard InChI is InChI=1S/C23H32N4O3/c1-4-24-23(25-15-17-10-11-20(28)22(14-17)30-5-2)26-18-12-13-27(16-18)19-8-6-7-9-21(19)29-3/h6-11,14,18,28H,4-5,12-13,15-16H2,1-3H3,(H2,24,25,26). The van der Waals surface area contributed by atoms with Gasteiger partial charge in [-0.3, -0.25) is 0 Å². The van der Waals surface area contributed by atoms with Gasteiger partial charge in [-0.1, -0.05) is 18.2 Å². The van der Waals surface area contributed by atoms with Gasteiger partial charge in [0.15, 0.2) is 17.5 Å². The van der Waals surface area contributed by atoms with Crippen molar-refractivity contribution in [1.82, 2.24) is 10.6 Å². The molecule has 7 heteroatoms. The van der Waals surface area contributed by atoms with Crippen LogP contribution in [0.2, 0.25) is 0 Å². The normalized spacial score (nSPS) is 16.4. The van der Waals surface area contributed by atoms with Gasteiger partial charge < -0.3 is 30.1 Å². The molecule has 0 saturated carbocycles. The fourth-order valence-corrected chi connectivity index (χ4v) is 3.60. The number of guanidine groups is 1. The number of nitrogens with zero attached hydrogens (tertiary/aromatic N) is 2. The number of phenols is 1. The summed E-state index contributed by atoms with van der Waals surface area (Å²) in [7, 11) is 1.71. The average Bonchev–Trinajstić information content (AvgIpc) is 3.22. The summed E-state index contributed by atoms with van der Waals surface area (Å²) in [6, 6.07) is 13.8. The summed E-state index contributed by atoms with van der Waals surface area (Å²) in [6.45, 7) is 7.60. The minimum Gasteiger partial charge on any atom is -0.504 e. The fourth-order valence-electron chi connectivity index (χ4n) is 3.60. The van der Waals surface area contributed by atoms with Gasteiger partial charge in [0.1, 0.15) is 5.75 Å². The predicted octanol–water partition coefficient (Wildman–Crippen LogP) is 3.13. The summed E-state index contributed by atoms with van der Waals surface area (Å²) in [5.41, 5.74) is 2.11. The van der Waals surface area contributed by atoms with Crippen molar-refractivity contribution in [3.8, 4) is 17.2 Å². The summed E-state index contributed by atoms with van der Waals surface area (Å²) in [5, 5.41) is 16.7. The van der Waals surface area contributed by atoms with E-state index in [2.05, 4.69) is 28.5 Å². The molecule has 2 aromatic carbocycles. The van der Waals surface area contributed by atoms with Crippen LogP contribution in [0.3, 0.4) is 0 Å². The van der Waals surface area contributed by atoms with Gasteiger partial charge in [-0.15, -0.1) is 0 Å². The molecule has 1 unspecified atom stereocenters. The van der Waals surface area contributed by atoms with Crippen molar-refractivity contribution < 1.29 is 14.6 Å². The van der Waals surface area contributed by atoms with Crippen LogP contribution in [0.15, 0.2) is 47.5 Å². The number of phenolic OH excluding ortho intramolecular Hbond substituents is 1. The van der Waals surface area contributed by atoms with Crippen LogP contribution in [-0.2, 0) is 6.54 Å². The van der Waals surface area contributed by atoms with Crippen LogP contribution in [0.1, 0.15) is 25.8 Å². The molecule has 162 valence electrons. The number of aliphatic imine (C=N–C) groups is 1. The minimum absolute atomic E-state index is 0.150. The van der Waals surface area contributed by atoms with Crippen LogP contribution in [-0.4, -0.2) is 50.5 Å². The zero-order valence-electron chi connectivity index (χ0n) is 18.0. The highest BCUT2D eigenvalue weighted by atomic mass is 16.5. The zero-order chi connectivity index (χ0) is 21.3. The lowest BCUT2D eigenvalue weighted by molar-refractivity contribution is 0.318. The Morgan fingerprint density at radius 3 is 2.80 bits per heavy atom. The van der Waals surface area contributed by atoms with Crippen molar-refractivity contribution in [3.63, 3.8) is 0 Å². The minimum atomic E-state index is 0.150. The molecule has 0 spiro atoms. The van der Waals surface area contributed by atoms with Crippen molar-refractivity contribution in [1.29, 1.82) is 0 Å². The Kier molecular flexibility index (Phi) is 7.65. The number of anilines is 1. The first-order chi connectivity index (χ1) is 14.6. The molecule has 30 heavy (non-hydrogen) atoms. The Hall–Kier alpha value is -3.09. The van der Waals surface area contributed by atoms with E-state index < -0.39 is 0 Å². The first kappa shape index (κ1) is 21.6. The van der Waals surface area contributed by atoms with E-state index in [1.54, 1.807) is 13.2 Å². The molecule has 0 bridgehead atoms. The number of aromatic hydroxyl groups is 1. The van der Waals surface area contributed by atoms with E-state index in [4.69, 9.17) is 14.5 Å². The highest BCUT2D eigenvalue weighted by Crippen LogP contribution is 2.30. The molecule has 1 atom stereocenters. The van der Waals surface area contributed by atoms with Gasteiger partial charge in [-0.05, 0) is 50.1 Å². The molecule has 7 nitrogen and oxygen atoms in total. The van der Waals surface area contributed by atoms with Gasteiger partial charge in [0.25, 0.3) is 0 Å². The number of rotatable bonds is 8. The van der Waals surface area contributed by atoms with E-state index in [-0.39, 0.29) is 5.75 Å². The van der Waals surface area contributed by atoms with E-state index in [1.807, 2.05) is 37.3 Å². The zero-order valence-corrected chi connectivity index (χ0v) is 18.0. The topological polar surface area (TPSA) is 78.4 Å².